The van der Waals surface area contributed by atoms with Gasteiger partial charge in [-0.3, -0.25) is 10.1 Å². The van der Waals surface area contributed by atoms with Crippen LogP contribution >= 0.6 is 11.8 Å². The minimum Gasteiger partial charge on any atom is -0.477 e. The average molecular weight is 255 g/mol. The second-order valence-electron chi connectivity index (χ2n) is 3.55. The molecule has 0 aliphatic rings. The van der Waals surface area contributed by atoms with Crippen LogP contribution in [-0.4, -0.2) is 21.2 Å². The zero-order valence-electron chi connectivity index (χ0n) is 9.54. The summed E-state index contributed by atoms with van der Waals surface area (Å²) in [5, 5.41) is 20.1. The molecule has 0 radical (unpaired) electrons. The minimum absolute atomic E-state index is 0.206. The molecule has 92 valence electrons. The van der Waals surface area contributed by atoms with E-state index in [1.807, 2.05) is 13.8 Å². The van der Waals surface area contributed by atoms with E-state index in [-0.39, 0.29) is 16.5 Å². The number of carboxylic acid groups (broad SMARTS) is 1. The quantitative estimate of drug-likeness (QED) is 0.496. The van der Waals surface area contributed by atoms with Gasteiger partial charge in [0, 0.05) is 5.25 Å². The summed E-state index contributed by atoms with van der Waals surface area (Å²) in [4.78, 5) is 21.6. The SMILES string of the molecule is CCC(C)Sc1cccc(C(=O)O)c1[N+](=O)[O-]. The van der Waals surface area contributed by atoms with E-state index in [0.29, 0.717) is 4.90 Å². The summed E-state index contributed by atoms with van der Waals surface area (Å²) in [6, 6.07) is 4.36. The van der Waals surface area contributed by atoms with Gasteiger partial charge in [0.2, 0.25) is 0 Å². The van der Waals surface area contributed by atoms with Crippen LogP contribution in [0.2, 0.25) is 0 Å². The Bertz CT molecular complexity index is 447. The first-order chi connectivity index (χ1) is 7.97. The van der Waals surface area contributed by atoms with Gasteiger partial charge < -0.3 is 5.11 Å². The molecular formula is C11H13NO4S. The second kappa shape index (κ2) is 5.67. The van der Waals surface area contributed by atoms with Crippen molar-refractivity contribution in [3.05, 3.63) is 33.9 Å². The summed E-state index contributed by atoms with van der Waals surface area (Å²) < 4.78 is 0. The largest absolute Gasteiger partial charge is 0.477 e. The fraction of sp³-hybridized carbons (Fsp3) is 0.364. The molecular weight excluding hydrogens is 242 g/mol. The van der Waals surface area contributed by atoms with Crippen LogP contribution in [0.4, 0.5) is 5.69 Å². The Balaban J connectivity index is 3.25. The van der Waals surface area contributed by atoms with Crippen molar-refractivity contribution in [1.82, 2.24) is 0 Å². The lowest BCUT2D eigenvalue weighted by molar-refractivity contribution is -0.388. The lowest BCUT2D eigenvalue weighted by Crippen LogP contribution is -2.04. The van der Waals surface area contributed by atoms with E-state index in [0.717, 1.165) is 6.42 Å². The first-order valence-electron chi connectivity index (χ1n) is 5.14. The number of nitro groups is 1. The normalized spacial score (nSPS) is 12.1. The van der Waals surface area contributed by atoms with Crippen LogP contribution in [0.25, 0.3) is 0 Å². The number of hydrogen-bond donors (Lipinski definition) is 1. The van der Waals surface area contributed by atoms with Gasteiger partial charge in [-0.25, -0.2) is 4.79 Å². The fourth-order valence-corrected chi connectivity index (χ4v) is 2.33. The van der Waals surface area contributed by atoms with Crippen LogP contribution in [0.1, 0.15) is 30.6 Å². The van der Waals surface area contributed by atoms with Gasteiger partial charge in [-0.15, -0.1) is 11.8 Å². The van der Waals surface area contributed by atoms with Crippen molar-refractivity contribution in [1.29, 1.82) is 0 Å². The molecule has 0 aliphatic carbocycles. The minimum atomic E-state index is -1.27. The topological polar surface area (TPSA) is 80.4 Å². The van der Waals surface area contributed by atoms with Crippen LogP contribution in [-0.2, 0) is 0 Å². The van der Waals surface area contributed by atoms with Crippen molar-refractivity contribution in [3.8, 4) is 0 Å². The van der Waals surface area contributed by atoms with Gasteiger partial charge in [-0.2, -0.15) is 0 Å². The van der Waals surface area contributed by atoms with Gasteiger partial charge in [0.15, 0.2) is 0 Å². The molecule has 1 aromatic carbocycles. The summed E-state index contributed by atoms with van der Waals surface area (Å²) in [6.07, 6.45) is 0.860. The average Bonchev–Trinajstić information content (AvgIpc) is 2.28. The number of carbonyl (C=O) groups is 1. The highest BCUT2D eigenvalue weighted by molar-refractivity contribution is 8.00. The fourth-order valence-electron chi connectivity index (χ4n) is 1.28. The number of thioether (sulfide) groups is 1. The second-order valence-corrected chi connectivity index (χ2v) is 5.03. The molecule has 5 nitrogen and oxygen atoms in total. The predicted octanol–water partition coefficient (Wildman–Crippen LogP) is 3.18. The molecule has 0 aromatic heterocycles. The van der Waals surface area contributed by atoms with Crippen molar-refractivity contribution >= 4 is 23.4 Å². The van der Waals surface area contributed by atoms with Gasteiger partial charge in [-0.1, -0.05) is 19.9 Å². The van der Waals surface area contributed by atoms with E-state index in [2.05, 4.69) is 0 Å². The number of rotatable bonds is 5. The molecule has 0 heterocycles. The maximum Gasteiger partial charge on any atom is 0.342 e. The molecule has 1 atom stereocenters. The predicted molar refractivity (Wildman–Crippen MR) is 65.7 cm³/mol. The Morgan fingerprint density at radius 1 is 1.59 bits per heavy atom. The molecule has 0 spiro atoms. The van der Waals surface area contributed by atoms with Crippen molar-refractivity contribution in [2.24, 2.45) is 0 Å². The number of benzene rings is 1. The molecule has 1 rings (SSSR count). The van der Waals surface area contributed by atoms with Gasteiger partial charge >= 0.3 is 5.97 Å². The summed E-state index contributed by atoms with van der Waals surface area (Å²) in [5.41, 5.74) is -0.575. The highest BCUT2D eigenvalue weighted by Crippen LogP contribution is 2.35. The van der Waals surface area contributed by atoms with Crippen molar-refractivity contribution < 1.29 is 14.8 Å². The van der Waals surface area contributed by atoms with Crippen LogP contribution in [0.5, 0.6) is 0 Å². The lowest BCUT2D eigenvalue weighted by Gasteiger charge is -2.09. The highest BCUT2D eigenvalue weighted by atomic mass is 32.2. The molecule has 0 saturated heterocycles. The van der Waals surface area contributed by atoms with Crippen molar-refractivity contribution in [3.63, 3.8) is 0 Å². The van der Waals surface area contributed by atoms with Crippen LogP contribution in [0.15, 0.2) is 23.1 Å². The molecule has 17 heavy (non-hydrogen) atoms. The Morgan fingerprint density at radius 2 is 2.24 bits per heavy atom. The van der Waals surface area contributed by atoms with E-state index in [9.17, 15) is 14.9 Å². The van der Waals surface area contributed by atoms with Gasteiger partial charge in [0.1, 0.15) is 5.56 Å². The number of carboxylic acids is 1. The third-order valence-electron chi connectivity index (χ3n) is 2.32. The highest BCUT2D eigenvalue weighted by Gasteiger charge is 2.24. The van der Waals surface area contributed by atoms with Crippen LogP contribution in [0, 0.1) is 10.1 Å². The summed E-state index contributed by atoms with van der Waals surface area (Å²) in [5.74, 6) is -1.27. The van der Waals surface area contributed by atoms with E-state index in [1.165, 1.54) is 23.9 Å². The molecule has 0 fully saturated rings. The molecule has 6 heteroatoms. The molecule has 0 amide bonds. The zero-order chi connectivity index (χ0) is 13.0. The number of nitro benzene ring substituents is 1. The third-order valence-corrected chi connectivity index (χ3v) is 3.63. The molecule has 1 unspecified atom stereocenters. The molecule has 0 aliphatic heterocycles. The zero-order valence-corrected chi connectivity index (χ0v) is 10.4. The Morgan fingerprint density at radius 3 is 2.71 bits per heavy atom. The molecule has 1 aromatic rings. The van der Waals surface area contributed by atoms with E-state index in [4.69, 9.17) is 5.11 Å². The summed E-state index contributed by atoms with van der Waals surface area (Å²) in [6.45, 7) is 3.92. The smallest absolute Gasteiger partial charge is 0.342 e. The van der Waals surface area contributed by atoms with E-state index >= 15 is 0 Å². The Hall–Kier alpha value is -1.56. The number of para-hydroxylation sites is 1. The maximum absolute atomic E-state index is 10.9. The van der Waals surface area contributed by atoms with Crippen molar-refractivity contribution in [2.75, 3.05) is 0 Å². The lowest BCUT2D eigenvalue weighted by atomic mass is 10.2. The monoisotopic (exact) mass is 255 g/mol. The molecule has 0 saturated carbocycles. The van der Waals surface area contributed by atoms with E-state index in [1.54, 1.807) is 6.07 Å². The standard InChI is InChI=1S/C11H13NO4S/c1-3-7(2)17-9-6-4-5-8(11(13)14)10(9)12(15)16/h4-7H,3H2,1-2H3,(H,13,14). The number of aromatic carboxylic acids is 1. The van der Waals surface area contributed by atoms with Crippen LogP contribution < -0.4 is 0 Å². The first kappa shape index (κ1) is 13.5. The summed E-state index contributed by atoms with van der Waals surface area (Å²) >= 11 is 1.33. The first-order valence-corrected chi connectivity index (χ1v) is 6.02. The van der Waals surface area contributed by atoms with Crippen molar-refractivity contribution in [2.45, 2.75) is 30.4 Å². The summed E-state index contributed by atoms with van der Waals surface area (Å²) in [7, 11) is 0. The Kier molecular flexibility index (Phi) is 4.51. The number of nitrogens with zero attached hydrogens (tertiary/aromatic N) is 1. The van der Waals surface area contributed by atoms with E-state index < -0.39 is 10.9 Å². The third kappa shape index (κ3) is 3.20. The molecule has 1 N–H and O–H groups in total. The Labute approximate surface area is 103 Å². The van der Waals surface area contributed by atoms with Gasteiger partial charge in [0.05, 0.1) is 9.82 Å². The van der Waals surface area contributed by atoms with Crippen LogP contribution in [0.3, 0.4) is 0 Å². The van der Waals surface area contributed by atoms with Gasteiger partial charge in [0.25, 0.3) is 5.69 Å². The van der Waals surface area contributed by atoms with Gasteiger partial charge in [-0.05, 0) is 18.6 Å². The molecule has 0 bridgehead atoms. The maximum atomic E-state index is 10.9. The number of hydrogen-bond acceptors (Lipinski definition) is 4.